The molecular weight excluding hydrogens is 356 g/mol. The average Bonchev–Trinajstić information content (AvgIpc) is 3.43. The van der Waals surface area contributed by atoms with Gasteiger partial charge >= 0.3 is 0 Å². The highest BCUT2D eigenvalue weighted by atomic mass is 16.5. The third-order valence-electron chi connectivity index (χ3n) is 5.34. The molecule has 7 heteroatoms. The number of hydrogen-bond acceptors (Lipinski definition) is 7. The lowest BCUT2D eigenvalue weighted by Crippen LogP contribution is -2.14. The summed E-state index contributed by atoms with van der Waals surface area (Å²) in [6.45, 7) is 7.26. The molecule has 1 aliphatic rings. The SMILES string of the molecule is CC(C)c1ccc(-c2noc(CCc3nc(CC4CCOC4C)no3)n2)cc1. The van der Waals surface area contributed by atoms with E-state index in [1.54, 1.807) is 0 Å². The van der Waals surface area contributed by atoms with Crippen molar-refractivity contribution in [2.24, 2.45) is 5.92 Å². The van der Waals surface area contributed by atoms with Crippen molar-refractivity contribution in [3.05, 3.63) is 47.4 Å². The van der Waals surface area contributed by atoms with Crippen molar-refractivity contribution in [2.75, 3.05) is 6.61 Å². The minimum Gasteiger partial charge on any atom is -0.378 e. The summed E-state index contributed by atoms with van der Waals surface area (Å²) >= 11 is 0. The first-order valence-corrected chi connectivity index (χ1v) is 9.94. The number of hydrogen-bond donors (Lipinski definition) is 0. The van der Waals surface area contributed by atoms with Crippen LogP contribution in [0.25, 0.3) is 11.4 Å². The van der Waals surface area contributed by atoms with Crippen LogP contribution in [-0.2, 0) is 24.0 Å². The van der Waals surface area contributed by atoms with E-state index in [-0.39, 0.29) is 6.10 Å². The zero-order chi connectivity index (χ0) is 19.5. The highest BCUT2D eigenvalue weighted by Gasteiger charge is 2.26. The van der Waals surface area contributed by atoms with Crippen LogP contribution in [0.4, 0.5) is 0 Å². The summed E-state index contributed by atoms with van der Waals surface area (Å²) < 4.78 is 16.3. The number of ether oxygens (including phenoxy) is 1. The van der Waals surface area contributed by atoms with Gasteiger partial charge in [0.15, 0.2) is 5.82 Å². The monoisotopic (exact) mass is 382 g/mol. The minimum atomic E-state index is 0.258. The van der Waals surface area contributed by atoms with Crippen molar-refractivity contribution in [2.45, 2.75) is 58.5 Å². The summed E-state index contributed by atoms with van der Waals surface area (Å²) in [5, 5.41) is 8.18. The zero-order valence-electron chi connectivity index (χ0n) is 16.6. The molecule has 1 aromatic carbocycles. The zero-order valence-corrected chi connectivity index (χ0v) is 16.6. The van der Waals surface area contributed by atoms with Gasteiger partial charge in [-0.25, -0.2) is 0 Å². The summed E-state index contributed by atoms with van der Waals surface area (Å²) in [6, 6.07) is 8.27. The van der Waals surface area contributed by atoms with E-state index in [9.17, 15) is 0 Å². The molecule has 0 N–H and O–H groups in total. The number of aromatic nitrogens is 4. The Kier molecular flexibility index (Phi) is 5.52. The lowest BCUT2D eigenvalue weighted by molar-refractivity contribution is 0.105. The second-order valence-corrected chi connectivity index (χ2v) is 7.72. The first kappa shape index (κ1) is 18.8. The van der Waals surface area contributed by atoms with Crippen molar-refractivity contribution >= 4 is 0 Å². The van der Waals surface area contributed by atoms with Crippen LogP contribution >= 0.6 is 0 Å². The van der Waals surface area contributed by atoms with Gasteiger partial charge in [0.2, 0.25) is 17.6 Å². The summed E-state index contributed by atoms with van der Waals surface area (Å²) in [4.78, 5) is 8.98. The molecule has 2 aromatic heterocycles. The van der Waals surface area contributed by atoms with E-state index >= 15 is 0 Å². The van der Waals surface area contributed by atoms with Gasteiger partial charge in [-0.15, -0.1) is 0 Å². The fraction of sp³-hybridized carbons (Fsp3) is 0.524. The second-order valence-electron chi connectivity index (χ2n) is 7.72. The van der Waals surface area contributed by atoms with Crippen LogP contribution in [0.15, 0.2) is 33.3 Å². The maximum Gasteiger partial charge on any atom is 0.227 e. The van der Waals surface area contributed by atoms with Gasteiger partial charge in [-0.2, -0.15) is 9.97 Å². The molecule has 28 heavy (non-hydrogen) atoms. The topological polar surface area (TPSA) is 87.1 Å². The Labute approximate surface area is 164 Å². The Morgan fingerprint density at radius 2 is 1.71 bits per heavy atom. The van der Waals surface area contributed by atoms with Gasteiger partial charge in [-0.3, -0.25) is 0 Å². The Hall–Kier alpha value is -2.54. The molecule has 1 aliphatic heterocycles. The molecule has 1 saturated heterocycles. The van der Waals surface area contributed by atoms with Gasteiger partial charge < -0.3 is 13.8 Å². The van der Waals surface area contributed by atoms with Crippen LogP contribution < -0.4 is 0 Å². The van der Waals surface area contributed by atoms with Crippen LogP contribution in [0.5, 0.6) is 0 Å². The molecular formula is C21H26N4O3. The molecule has 3 aromatic rings. The standard InChI is InChI=1S/C21H26N4O3/c1-13(2)15-4-6-16(7-5-15)21-23-20(28-25-21)9-8-19-22-18(24-27-19)12-17-10-11-26-14(17)3/h4-7,13-14,17H,8-12H2,1-3H3. The molecule has 1 fully saturated rings. The molecule has 0 saturated carbocycles. The molecule has 0 aliphatic carbocycles. The molecule has 0 bridgehead atoms. The van der Waals surface area contributed by atoms with Gasteiger partial charge in [0.1, 0.15) is 0 Å². The maximum atomic E-state index is 5.59. The highest BCUT2D eigenvalue weighted by molar-refractivity contribution is 5.54. The van der Waals surface area contributed by atoms with Gasteiger partial charge in [0.05, 0.1) is 6.10 Å². The lowest BCUT2D eigenvalue weighted by atomic mass is 9.98. The van der Waals surface area contributed by atoms with Crippen LogP contribution in [0.1, 0.15) is 56.3 Å². The lowest BCUT2D eigenvalue weighted by Gasteiger charge is -2.10. The quantitative estimate of drug-likeness (QED) is 0.610. The van der Waals surface area contributed by atoms with Crippen LogP contribution in [0, 0.1) is 5.92 Å². The summed E-state index contributed by atoms with van der Waals surface area (Å²) in [7, 11) is 0. The maximum absolute atomic E-state index is 5.59. The van der Waals surface area contributed by atoms with E-state index in [1.807, 2.05) is 12.1 Å². The number of nitrogens with zero attached hydrogens (tertiary/aromatic N) is 4. The van der Waals surface area contributed by atoms with Crippen molar-refractivity contribution < 1.29 is 13.8 Å². The van der Waals surface area contributed by atoms with Gasteiger partial charge in [0, 0.05) is 31.4 Å². The largest absolute Gasteiger partial charge is 0.378 e. The number of rotatable bonds is 7. The third kappa shape index (κ3) is 4.30. The Balaban J connectivity index is 1.33. The van der Waals surface area contributed by atoms with Crippen LogP contribution in [0.2, 0.25) is 0 Å². The van der Waals surface area contributed by atoms with Crippen molar-refractivity contribution in [1.82, 2.24) is 20.3 Å². The van der Waals surface area contributed by atoms with E-state index in [1.165, 1.54) is 5.56 Å². The van der Waals surface area contributed by atoms with Crippen molar-refractivity contribution in [1.29, 1.82) is 0 Å². The Bertz CT molecular complexity index is 901. The molecule has 4 rings (SSSR count). The normalized spacial score (nSPS) is 19.6. The third-order valence-corrected chi connectivity index (χ3v) is 5.34. The molecule has 3 heterocycles. The average molecular weight is 382 g/mol. The smallest absolute Gasteiger partial charge is 0.227 e. The molecule has 2 unspecified atom stereocenters. The number of aryl methyl sites for hydroxylation is 2. The Morgan fingerprint density at radius 1 is 1.00 bits per heavy atom. The molecule has 7 nitrogen and oxygen atoms in total. The Morgan fingerprint density at radius 3 is 2.39 bits per heavy atom. The highest BCUT2D eigenvalue weighted by Crippen LogP contribution is 2.24. The molecule has 148 valence electrons. The summed E-state index contributed by atoms with van der Waals surface area (Å²) in [6.07, 6.45) is 3.25. The van der Waals surface area contributed by atoms with E-state index in [0.717, 1.165) is 30.8 Å². The first-order chi connectivity index (χ1) is 13.6. The van der Waals surface area contributed by atoms with Crippen molar-refractivity contribution in [3.8, 4) is 11.4 Å². The summed E-state index contributed by atoms with van der Waals surface area (Å²) in [5.41, 5.74) is 2.24. The minimum absolute atomic E-state index is 0.258. The van der Waals surface area contributed by atoms with Gasteiger partial charge in [-0.05, 0) is 30.7 Å². The predicted molar refractivity (Wildman–Crippen MR) is 103 cm³/mol. The molecule has 0 amide bonds. The van der Waals surface area contributed by atoms with Crippen LogP contribution in [-0.4, -0.2) is 33.0 Å². The van der Waals surface area contributed by atoms with E-state index in [0.29, 0.717) is 42.3 Å². The van der Waals surface area contributed by atoms with E-state index < -0.39 is 0 Å². The molecule has 0 spiro atoms. The fourth-order valence-electron chi connectivity index (χ4n) is 3.46. The van der Waals surface area contributed by atoms with Crippen molar-refractivity contribution in [3.63, 3.8) is 0 Å². The van der Waals surface area contributed by atoms with Gasteiger partial charge in [0.25, 0.3) is 0 Å². The number of benzene rings is 1. The first-order valence-electron chi connectivity index (χ1n) is 9.94. The van der Waals surface area contributed by atoms with Gasteiger partial charge in [-0.1, -0.05) is 48.4 Å². The fourth-order valence-corrected chi connectivity index (χ4v) is 3.46. The van der Waals surface area contributed by atoms with E-state index in [2.05, 4.69) is 53.2 Å². The summed E-state index contributed by atoms with van der Waals surface area (Å²) in [5.74, 6) is 3.48. The second kappa shape index (κ2) is 8.22. The molecule has 0 radical (unpaired) electrons. The molecule has 2 atom stereocenters. The van der Waals surface area contributed by atoms with E-state index in [4.69, 9.17) is 13.8 Å². The van der Waals surface area contributed by atoms with Crippen LogP contribution in [0.3, 0.4) is 0 Å². The predicted octanol–water partition coefficient (Wildman–Crippen LogP) is 4.00.